The molecule has 1 aliphatic heterocycles. The highest BCUT2D eigenvalue weighted by molar-refractivity contribution is 7.99. The van der Waals surface area contributed by atoms with E-state index in [2.05, 4.69) is 43.4 Å². The molecule has 1 unspecified atom stereocenters. The highest BCUT2D eigenvalue weighted by Crippen LogP contribution is 2.53. The molecule has 152 valence electrons. The molecule has 3 aromatic heterocycles. The highest BCUT2D eigenvalue weighted by atomic mass is 32.2. The summed E-state index contributed by atoms with van der Waals surface area (Å²) >= 11 is 1.47. The number of nitrogens with two attached hydrogens (primary N) is 1. The van der Waals surface area contributed by atoms with Crippen molar-refractivity contribution in [3.63, 3.8) is 0 Å². The quantitative estimate of drug-likeness (QED) is 0.434. The van der Waals surface area contributed by atoms with E-state index in [1.54, 1.807) is 12.4 Å². The minimum absolute atomic E-state index is 0.194. The normalized spacial score (nSPS) is 19.8. The molecule has 1 saturated heterocycles. The van der Waals surface area contributed by atoms with Gasteiger partial charge in [0.05, 0.1) is 21.5 Å². The maximum atomic E-state index is 6.52. The van der Waals surface area contributed by atoms with Crippen LogP contribution in [0.5, 0.6) is 0 Å². The SMILES string of the molecule is CNc1cccc2c1[nH]c1nc(Sc3cncnc3)nc(N3CC(N)C4(CC4)C3)c12. The van der Waals surface area contributed by atoms with Crippen LogP contribution in [-0.2, 0) is 0 Å². The molecule has 6 rings (SSSR count). The lowest BCUT2D eigenvalue weighted by Gasteiger charge is -2.19. The Balaban J connectivity index is 1.55. The molecule has 4 aromatic rings. The smallest absolute Gasteiger partial charge is 0.196 e. The molecule has 4 N–H and O–H groups in total. The number of nitrogens with one attached hydrogen (secondary N) is 2. The Morgan fingerprint density at radius 1 is 1.23 bits per heavy atom. The number of rotatable bonds is 4. The molecule has 2 aliphatic rings. The molecule has 30 heavy (non-hydrogen) atoms. The van der Waals surface area contributed by atoms with Crippen LogP contribution in [0.1, 0.15) is 12.8 Å². The molecule has 0 radical (unpaired) electrons. The van der Waals surface area contributed by atoms with Gasteiger partial charge in [-0.15, -0.1) is 0 Å². The summed E-state index contributed by atoms with van der Waals surface area (Å²) in [7, 11) is 1.93. The number of fused-ring (bicyclic) bond motifs is 3. The fourth-order valence-corrected chi connectivity index (χ4v) is 5.26. The third-order valence-corrected chi connectivity index (χ3v) is 7.17. The number of hydrogen-bond donors (Lipinski definition) is 3. The second-order valence-electron chi connectivity index (χ2n) is 8.18. The lowest BCUT2D eigenvalue weighted by atomic mass is 10.0. The highest BCUT2D eigenvalue weighted by Gasteiger charge is 2.54. The van der Waals surface area contributed by atoms with Gasteiger partial charge in [-0.2, -0.15) is 0 Å². The summed E-state index contributed by atoms with van der Waals surface area (Å²) in [6, 6.07) is 6.45. The lowest BCUT2D eigenvalue weighted by molar-refractivity contribution is 0.499. The van der Waals surface area contributed by atoms with E-state index in [1.165, 1.54) is 30.9 Å². The van der Waals surface area contributed by atoms with Crippen molar-refractivity contribution < 1.29 is 0 Å². The molecule has 8 nitrogen and oxygen atoms in total. The molecule has 1 spiro atoms. The first-order chi connectivity index (χ1) is 14.7. The first-order valence-corrected chi connectivity index (χ1v) is 10.9. The van der Waals surface area contributed by atoms with E-state index < -0.39 is 0 Å². The molecule has 1 saturated carbocycles. The fraction of sp³-hybridized carbons (Fsp3) is 0.333. The van der Waals surface area contributed by atoms with Gasteiger partial charge in [-0.05, 0) is 30.7 Å². The fourth-order valence-electron chi connectivity index (χ4n) is 4.55. The number of hydrogen-bond acceptors (Lipinski definition) is 8. The summed E-state index contributed by atoms with van der Waals surface area (Å²) in [6.07, 6.45) is 7.50. The Kier molecular flexibility index (Phi) is 3.91. The Morgan fingerprint density at radius 2 is 2.07 bits per heavy atom. The van der Waals surface area contributed by atoms with Gasteiger partial charge in [0.25, 0.3) is 0 Å². The summed E-state index contributed by atoms with van der Waals surface area (Å²) in [5, 5.41) is 6.12. The van der Waals surface area contributed by atoms with Gasteiger partial charge in [0.1, 0.15) is 17.8 Å². The number of benzene rings is 1. The van der Waals surface area contributed by atoms with Crippen LogP contribution in [0, 0.1) is 5.41 Å². The van der Waals surface area contributed by atoms with E-state index >= 15 is 0 Å². The minimum Gasteiger partial charge on any atom is -0.386 e. The molecule has 1 aliphatic carbocycles. The van der Waals surface area contributed by atoms with Crippen LogP contribution in [0.15, 0.2) is 47.0 Å². The summed E-state index contributed by atoms with van der Waals surface area (Å²) in [4.78, 5) is 24.8. The molecule has 0 amide bonds. The maximum absolute atomic E-state index is 6.52. The maximum Gasteiger partial charge on any atom is 0.196 e. The van der Waals surface area contributed by atoms with Gasteiger partial charge in [-0.1, -0.05) is 12.1 Å². The van der Waals surface area contributed by atoms with Crippen molar-refractivity contribution in [2.24, 2.45) is 11.1 Å². The van der Waals surface area contributed by atoms with Crippen LogP contribution in [-0.4, -0.2) is 51.1 Å². The second kappa shape index (κ2) is 6.55. The van der Waals surface area contributed by atoms with E-state index in [-0.39, 0.29) is 11.5 Å². The van der Waals surface area contributed by atoms with Crippen LogP contribution in [0.2, 0.25) is 0 Å². The molecule has 1 atom stereocenters. The standard InChI is InChI=1S/C21H22N8S/c1-23-14-4-2-3-13-16-18(26-17(13)14)27-20(30-12-7-24-11-25-8-12)28-19(16)29-9-15(22)21(10-29)5-6-21/h2-4,7-8,11,15,23H,5-6,9-10,22H2,1H3,(H,26,27,28). The largest absolute Gasteiger partial charge is 0.386 e. The van der Waals surface area contributed by atoms with Gasteiger partial charge in [-0.3, -0.25) is 0 Å². The van der Waals surface area contributed by atoms with Crippen molar-refractivity contribution >= 4 is 45.2 Å². The predicted octanol–water partition coefficient (Wildman–Crippen LogP) is 3.02. The average molecular weight is 419 g/mol. The Bertz CT molecular complexity index is 1250. The van der Waals surface area contributed by atoms with Crippen molar-refractivity contribution in [2.45, 2.75) is 28.9 Å². The summed E-state index contributed by atoms with van der Waals surface area (Å²) in [5.74, 6) is 0.957. The number of nitrogens with zero attached hydrogens (tertiary/aromatic N) is 5. The first-order valence-electron chi connectivity index (χ1n) is 10.1. The molecule has 9 heteroatoms. The van der Waals surface area contributed by atoms with Crippen LogP contribution in [0.4, 0.5) is 11.5 Å². The van der Waals surface area contributed by atoms with Crippen molar-refractivity contribution in [3.8, 4) is 0 Å². The van der Waals surface area contributed by atoms with E-state index in [9.17, 15) is 0 Å². The van der Waals surface area contributed by atoms with Gasteiger partial charge in [0.2, 0.25) is 0 Å². The number of aromatic amines is 1. The topological polar surface area (TPSA) is 109 Å². The molecular formula is C21H22N8S. The number of H-pyrrole nitrogens is 1. The van der Waals surface area contributed by atoms with E-state index in [1.807, 2.05) is 7.05 Å². The summed E-state index contributed by atoms with van der Waals surface area (Å²) in [6.45, 7) is 1.78. The van der Waals surface area contributed by atoms with Gasteiger partial charge in [0, 0.05) is 49.4 Å². The van der Waals surface area contributed by atoms with Crippen LogP contribution >= 0.6 is 11.8 Å². The van der Waals surface area contributed by atoms with E-state index in [0.29, 0.717) is 5.16 Å². The zero-order valence-corrected chi connectivity index (χ0v) is 17.4. The summed E-state index contributed by atoms with van der Waals surface area (Å²) in [5.41, 5.74) is 9.70. The average Bonchev–Trinajstić information content (AvgIpc) is 3.34. The van der Waals surface area contributed by atoms with Crippen molar-refractivity contribution in [1.82, 2.24) is 24.9 Å². The van der Waals surface area contributed by atoms with E-state index in [4.69, 9.17) is 15.7 Å². The van der Waals surface area contributed by atoms with Gasteiger partial charge in [-0.25, -0.2) is 19.9 Å². The third kappa shape index (κ3) is 2.73. The first kappa shape index (κ1) is 17.9. The Hall–Kier alpha value is -2.91. The van der Waals surface area contributed by atoms with Gasteiger partial charge >= 0.3 is 0 Å². The lowest BCUT2D eigenvalue weighted by Crippen LogP contribution is -2.30. The van der Waals surface area contributed by atoms with E-state index in [0.717, 1.165) is 51.4 Å². The van der Waals surface area contributed by atoms with Crippen molar-refractivity contribution in [1.29, 1.82) is 0 Å². The number of aromatic nitrogens is 5. The zero-order valence-electron chi connectivity index (χ0n) is 16.6. The number of anilines is 2. The zero-order chi connectivity index (χ0) is 20.3. The summed E-state index contributed by atoms with van der Waals surface area (Å²) < 4.78 is 0. The molecule has 2 fully saturated rings. The third-order valence-electron chi connectivity index (χ3n) is 6.36. The van der Waals surface area contributed by atoms with Crippen molar-refractivity contribution in [3.05, 3.63) is 36.9 Å². The van der Waals surface area contributed by atoms with Crippen LogP contribution in [0.25, 0.3) is 21.9 Å². The molecule has 0 bridgehead atoms. The number of para-hydroxylation sites is 1. The van der Waals surface area contributed by atoms with Crippen LogP contribution < -0.4 is 16.0 Å². The molecule has 1 aromatic carbocycles. The monoisotopic (exact) mass is 418 g/mol. The Morgan fingerprint density at radius 3 is 2.80 bits per heavy atom. The van der Waals surface area contributed by atoms with Gasteiger partial charge in [0.15, 0.2) is 5.16 Å². The predicted molar refractivity (Wildman–Crippen MR) is 119 cm³/mol. The Labute approximate surface area is 177 Å². The van der Waals surface area contributed by atoms with Crippen LogP contribution in [0.3, 0.4) is 0 Å². The molecular weight excluding hydrogens is 396 g/mol. The van der Waals surface area contributed by atoms with Gasteiger partial charge < -0.3 is 20.9 Å². The van der Waals surface area contributed by atoms with Crippen molar-refractivity contribution in [2.75, 3.05) is 30.4 Å². The minimum atomic E-state index is 0.194. The second-order valence-corrected chi connectivity index (χ2v) is 9.22. The molecule has 4 heterocycles.